The smallest absolute Gasteiger partial charge is 0.407 e. The fraction of sp³-hybridized carbons (Fsp3) is 0.689. The molecule has 2 saturated heterocycles. The number of ether oxygens (including phenoxy) is 7. The summed E-state index contributed by atoms with van der Waals surface area (Å²) in [5.74, 6) is -3.85. The molecule has 0 spiro atoms. The number of amides is 1. The number of carbonyl (C=O) groups is 4. The molecule has 14 heteroatoms. The second-order valence-corrected chi connectivity index (χ2v) is 19.3. The molecule has 2 saturated carbocycles. The summed E-state index contributed by atoms with van der Waals surface area (Å²) in [5, 5.41) is 28.0. The Morgan fingerprint density at radius 3 is 2.27 bits per heavy atom. The number of nitrogens with one attached hydrogen (secondary N) is 1. The zero-order valence-corrected chi connectivity index (χ0v) is 36.2. The Bertz CT molecular complexity index is 1840. The molecule has 1 unspecified atom stereocenters. The van der Waals surface area contributed by atoms with Crippen LogP contribution in [0.25, 0.3) is 0 Å². The van der Waals surface area contributed by atoms with Crippen molar-refractivity contribution in [1.29, 1.82) is 0 Å². The number of carbonyl (C=O) groups excluding carboxylic acids is 4. The number of rotatable bonds is 10. The van der Waals surface area contributed by atoms with Gasteiger partial charge < -0.3 is 48.7 Å². The van der Waals surface area contributed by atoms with Crippen molar-refractivity contribution in [3.63, 3.8) is 0 Å². The Morgan fingerprint density at radius 2 is 1.71 bits per heavy atom. The SMILES string of the molecule is C=C[C@@H]1OC2C[C@H]3OC[C@@]3(OC(C)=O)[C@H]3[C@H](OC(=O)c4ccccc4)[C@]4(O)C[C@H](OC(=O)[C@@H](O)[C@H](CC(C)C)NC(=O)OC(C)(C)C)C(C)=C([C@H](C)[C@H](O1)[C@]23C)C4(C)C. The molecule has 2 bridgehead atoms. The van der Waals surface area contributed by atoms with Crippen LogP contribution in [0.4, 0.5) is 4.79 Å². The fourth-order valence-corrected chi connectivity index (χ4v) is 11.0. The second kappa shape index (κ2) is 15.9. The van der Waals surface area contributed by atoms with Crippen molar-refractivity contribution in [1.82, 2.24) is 5.32 Å². The van der Waals surface area contributed by atoms with Crippen LogP contribution in [-0.2, 0) is 42.7 Å². The quantitative estimate of drug-likeness (QED) is 0.151. The summed E-state index contributed by atoms with van der Waals surface area (Å²) in [5.41, 5.74) is -4.96. The molecule has 1 amide bonds. The lowest BCUT2D eigenvalue weighted by atomic mass is 9.43. The van der Waals surface area contributed by atoms with Crippen LogP contribution in [0, 0.1) is 28.6 Å². The van der Waals surface area contributed by atoms with Crippen molar-refractivity contribution in [3.8, 4) is 0 Å². The van der Waals surface area contributed by atoms with Crippen molar-refractivity contribution >= 4 is 24.0 Å². The second-order valence-electron chi connectivity index (χ2n) is 19.3. The average Bonchev–Trinajstić information content (AvgIpc) is 3.12. The number of esters is 3. The van der Waals surface area contributed by atoms with E-state index in [2.05, 4.69) is 11.9 Å². The minimum Gasteiger partial charge on any atom is -0.456 e. The van der Waals surface area contributed by atoms with Gasteiger partial charge in [-0.2, -0.15) is 0 Å². The van der Waals surface area contributed by atoms with Crippen LogP contribution in [0.5, 0.6) is 0 Å². The average molecular weight is 826 g/mol. The molecule has 1 aromatic carbocycles. The van der Waals surface area contributed by atoms with Gasteiger partial charge in [-0.15, -0.1) is 0 Å². The Kier molecular flexibility index (Phi) is 12.1. The Balaban J connectivity index is 1.51. The van der Waals surface area contributed by atoms with Crippen LogP contribution in [-0.4, -0.2) is 107 Å². The van der Waals surface area contributed by atoms with Crippen LogP contribution in [0.2, 0.25) is 0 Å². The number of hydrogen-bond acceptors (Lipinski definition) is 13. The molecular weight excluding hydrogens is 762 g/mol. The van der Waals surface area contributed by atoms with Gasteiger partial charge >= 0.3 is 24.0 Å². The number of fused-ring (bicyclic) bond motifs is 4. The maximum atomic E-state index is 14.4. The molecule has 6 rings (SSSR count). The van der Waals surface area contributed by atoms with Gasteiger partial charge in [-0.25, -0.2) is 14.4 Å². The highest BCUT2D eigenvalue weighted by atomic mass is 16.7. The summed E-state index contributed by atoms with van der Waals surface area (Å²) in [6, 6.07) is 7.32. The molecular formula is C45H63NO13. The van der Waals surface area contributed by atoms with E-state index < -0.39 is 112 Å². The molecule has 2 heterocycles. The molecule has 4 fully saturated rings. The first-order valence-electron chi connectivity index (χ1n) is 20.7. The molecule has 59 heavy (non-hydrogen) atoms. The van der Waals surface area contributed by atoms with Gasteiger partial charge in [0.05, 0.1) is 36.3 Å². The normalized spacial score (nSPS) is 36.8. The van der Waals surface area contributed by atoms with Crippen LogP contribution in [0.3, 0.4) is 0 Å². The maximum Gasteiger partial charge on any atom is 0.407 e. The van der Waals surface area contributed by atoms with Crippen molar-refractivity contribution < 1.29 is 62.5 Å². The number of aliphatic hydroxyl groups excluding tert-OH is 1. The van der Waals surface area contributed by atoms with Crippen LogP contribution in [0.15, 0.2) is 54.1 Å². The van der Waals surface area contributed by atoms with E-state index in [1.165, 1.54) is 6.92 Å². The molecule has 0 radical (unpaired) electrons. The van der Waals surface area contributed by atoms with Gasteiger partial charge in [0.1, 0.15) is 29.5 Å². The van der Waals surface area contributed by atoms with Gasteiger partial charge in [0.2, 0.25) is 0 Å². The summed E-state index contributed by atoms with van der Waals surface area (Å²) >= 11 is 0. The highest BCUT2D eigenvalue weighted by molar-refractivity contribution is 5.89. The summed E-state index contributed by atoms with van der Waals surface area (Å²) in [7, 11) is 0. The van der Waals surface area contributed by atoms with Gasteiger partial charge in [-0.3, -0.25) is 4.79 Å². The van der Waals surface area contributed by atoms with Crippen LogP contribution in [0.1, 0.15) is 106 Å². The molecule has 3 aliphatic carbocycles. The summed E-state index contributed by atoms with van der Waals surface area (Å²) in [4.78, 5) is 54.5. The first-order chi connectivity index (χ1) is 27.4. The largest absolute Gasteiger partial charge is 0.456 e. The highest BCUT2D eigenvalue weighted by Crippen LogP contribution is 2.68. The van der Waals surface area contributed by atoms with Gasteiger partial charge in [0.15, 0.2) is 18.0 Å². The van der Waals surface area contributed by atoms with Gasteiger partial charge in [-0.05, 0) is 63.8 Å². The third-order valence-electron chi connectivity index (χ3n) is 13.5. The minimum atomic E-state index is -2.02. The maximum absolute atomic E-state index is 14.4. The van der Waals surface area contributed by atoms with E-state index in [0.29, 0.717) is 17.6 Å². The van der Waals surface area contributed by atoms with E-state index in [0.717, 1.165) is 0 Å². The fourth-order valence-electron chi connectivity index (χ4n) is 11.0. The molecule has 3 N–H and O–H groups in total. The van der Waals surface area contributed by atoms with Crippen molar-refractivity contribution in [2.45, 2.75) is 161 Å². The van der Waals surface area contributed by atoms with Gasteiger partial charge in [0, 0.05) is 36.5 Å². The topological polar surface area (TPSA) is 185 Å². The predicted octanol–water partition coefficient (Wildman–Crippen LogP) is 5.57. The molecule has 1 aromatic rings. The molecule has 326 valence electrons. The number of hydrogen-bond donors (Lipinski definition) is 3. The zero-order chi connectivity index (χ0) is 43.6. The zero-order valence-electron chi connectivity index (χ0n) is 36.2. The molecule has 0 aromatic heterocycles. The van der Waals surface area contributed by atoms with E-state index in [9.17, 15) is 29.4 Å². The van der Waals surface area contributed by atoms with Gasteiger partial charge in [0.25, 0.3) is 0 Å². The molecule has 5 aliphatic rings. The third-order valence-corrected chi connectivity index (χ3v) is 13.5. The first kappa shape index (κ1) is 44.7. The van der Waals surface area contributed by atoms with E-state index in [1.54, 1.807) is 57.2 Å². The van der Waals surface area contributed by atoms with Gasteiger partial charge in [-0.1, -0.05) is 71.9 Å². The summed E-state index contributed by atoms with van der Waals surface area (Å²) in [6.07, 6.45) is -6.18. The van der Waals surface area contributed by atoms with Crippen LogP contribution < -0.4 is 5.32 Å². The monoisotopic (exact) mass is 825 g/mol. The molecule has 14 nitrogen and oxygen atoms in total. The van der Waals surface area contributed by atoms with E-state index >= 15 is 0 Å². The minimum absolute atomic E-state index is 0.0405. The highest BCUT2D eigenvalue weighted by Gasteiger charge is 2.79. The number of aliphatic hydroxyl groups is 2. The standard InChI is InChI=1S/C45H63NO13/c1-13-32-55-30-20-31-44(22-53-31,58-26(6)47)35-37(57-38(49)27-17-15-14-16-18-27)45(52)21-29(24(4)33(42(45,10)11)25(5)36(56-32)43(30,35)12)54-39(50)34(48)28(19-23(2)3)46-40(51)59-41(7,8)9/h13-18,23,25,28-32,34-37,48,52H,1,19-22H2,2-12H3,(H,46,51)/t25-,28-,29-,30?,31+,32+,34-,35-,36-,37-,43+,44-,45+/m0/s1. The van der Waals surface area contributed by atoms with Crippen molar-refractivity contribution in [2.75, 3.05) is 6.61 Å². The Labute approximate surface area is 347 Å². The lowest BCUT2D eigenvalue weighted by molar-refractivity contribution is -0.403. The lowest BCUT2D eigenvalue weighted by Gasteiger charge is -2.71. The van der Waals surface area contributed by atoms with Crippen LogP contribution >= 0.6 is 0 Å². The molecule has 13 atom stereocenters. The van der Waals surface area contributed by atoms with Crippen molar-refractivity contribution in [3.05, 3.63) is 59.7 Å². The Hall–Kier alpha value is -3.82. The van der Waals surface area contributed by atoms with E-state index in [4.69, 9.17) is 33.2 Å². The van der Waals surface area contributed by atoms with E-state index in [1.807, 2.05) is 48.5 Å². The number of alkyl carbamates (subject to hydrolysis) is 1. The Morgan fingerprint density at radius 1 is 1.05 bits per heavy atom. The third kappa shape index (κ3) is 7.73. The van der Waals surface area contributed by atoms with Crippen molar-refractivity contribution in [2.24, 2.45) is 28.6 Å². The summed E-state index contributed by atoms with van der Waals surface area (Å²) in [6.45, 7) is 23.6. The predicted molar refractivity (Wildman–Crippen MR) is 214 cm³/mol. The lowest BCUT2D eigenvalue weighted by Crippen LogP contribution is -2.83. The summed E-state index contributed by atoms with van der Waals surface area (Å²) < 4.78 is 44.1. The first-order valence-corrected chi connectivity index (χ1v) is 20.7. The van der Waals surface area contributed by atoms with E-state index in [-0.39, 0.29) is 30.9 Å². The number of benzene rings is 1. The molecule has 2 aliphatic heterocycles.